The summed E-state index contributed by atoms with van der Waals surface area (Å²) < 4.78 is 79.5. The molecule has 11 heteroatoms. The third-order valence-electron chi connectivity index (χ3n) is 5.06. The van der Waals surface area contributed by atoms with Crippen LogP contribution >= 0.6 is 0 Å². The SMILES string of the molecule is CS(=O)(=O)c1cccc(NC(=O)c2c(C(F)(F)F)cnn2CC2(F)CCCCC2)c1. The second-order valence-electron chi connectivity index (χ2n) is 7.53. The quantitative estimate of drug-likeness (QED) is 0.696. The average molecular weight is 447 g/mol. The maximum Gasteiger partial charge on any atom is 0.420 e. The fourth-order valence-corrected chi connectivity index (χ4v) is 4.23. The van der Waals surface area contributed by atoms with Gasteiger partial charge in [-0.3, -0.25) is 9.48 Å². The van der Waals surface area contributed by atoms with E-state index in [0.29, 0.717) is 19.0 Å². The van der Waals surface area contributed by atoms with Crippen LogP contribution in [-0.4, -0.2) is 36.0 Å². The molecule has 1 heterocycles. The Labute approximate surface area is 171 Å². The van der Waals surface area contributed by atoms with Crippen molar-refractivity contribution in [2.75, 3.05) is 11.6 Å². The fraction of sp³-hybridized carbons (Fsp3) is 0.474. The molecule has 0 atom stereocenters. The van der Waals surface area contributed by atoms with E-state index in [9.17, 15) is 26.4 Å². The van der Waals surface area contributed by atoms with Gasteiger partial charge in [0.15, 0.2) is 9.84 Å². The molecule has 1 aromatic carbocycles. The Morgan fingerprint density at radius 1 is 1.23 bits per heavy atom. The topological polar surface area (TPSA) is 81.1 Å². The van der Waals surface area contributed by atoms with Crippen molar-refractivity contribution in [2.24, 2.45) is 0 Å². The lowest BCUT2D eigenvalue weighted by atomic mass is 9.86. The van der Waals surface area contributed by atoms with Crippen LogP contribution in [0.4, 0.5) is 23.2 Å². The summed E-state index contributed by atoms with van der Waals surface area (Å²) in [4.78, 5) is 12.6. The van der Waals surface area contributed by atoms with E-state index >= 15 is 4.39 Å². The lowest BCUT2D eigenvalue weighted by molar-refractivity contribution is -0.138. The Balaban J connectivity index is 1.95. The van der Waals surface area contributed by atoms with E-state index in [2.05, 4.69) is 10.4 Å². The van der Waals surface area contributed by atoms with Gasteiger partial charge in [0.1, 0.15) is 16.9 Å². The van der Waals surface area contributed by atoms with E-state index in [1.54, 1.807) is 0 Å². The van der Waals surface area contributed by atoms with E-state index in [1.165, 1.54) is 18.2 Å². The van der Waals surface area contributed by atoms with Crippen molar-refractivity contribution < 1.29 is 30.8 Å². The van der Waals surface area contributed by atoms with Gasteiger partial charge in [-0.1, -0.05) is 25.3 Å². The number of carbonyl (C=O) groups excluding carboxylic acids is 1. The predicted octanol–water partition coefficient (Wildman–Crippen LogP) is 4.23. The average Bonchev–Trinajstić information content (AvgIpc) is 3.05. The minimum absolute atomic E-state index is 0.00331. The Morgan fingerprint density at radius 3 is 2.50 bits per heavy atom. The van der Waals surface area contributed by atoms with Crippen molar-refractivity contribution in [1.29, 1.82) is 0 Å². The highest BCUT2D eigenvalue weighted by molar-refractivity contribution is 7.90. The summed E-state index contributed by atoms with van der Waals surface area (Å²) in [5, 5.41) is 5.91. The third-order valence-corrected chi connectivity index (χ3v) is 6.17. The zero-order valence-electron chi connectivity index (χ0n) is 16.2. The van der Waals surface area contributed by atoms with E-state index in [-0.39, 0.29) is 23.4 Å². The summed E-state index contributed by atoms with van der Waals surface area (Å²) in [5.41, 5.74) is -3.83. The molecule has 0 radical (unpaired) electrons. The number of amides is 1. The van der Waals surface area contributed by atoms with Gasteiger partial charge in [-0.05, 0) is 31.0 Å². The van der Waals surface area contributed by atoms with Gasteiger partial charge in [0, 0.05) is 11.9 Å². The van der Waals surface area contributed by atoms with Gasteiger partial charge in [0.25, 0.3) is 5.91 Å². The monoisotopic (exact) mass is 447 g/mol. The fourth-order valence-electron chi connectivity index (χ4n) is 3.56. The second-order valence-corrected chi connectivity index (χ2v) is 9.54. The Hall–Kier alpha value is -2.43. The number of sulfone groups is 1. The molecule has 1 aliphatic rings. The summed E-state index contributed by atoms with van der Waals surface area (Å²) in [5.74, 6) is -1.15. The third kappa shape index (κ3) is 5.00. The Bertz CT molecular complexity index is 1040. The van der Waals surface area contributed by atoms with E-state index in [4.69, 9.17) is 0 Å². The second kappa shape index (κ2) is 8.01. The number of nitrogens with one attached hydrogen (secondary N) is 1. The van der Waals surface area contributed by atoms with Gasteiger partial charge < -0.3 is 5.32 Å². The molecule has 3 rings (SSSR count). The van der Waals surface area contributed by atoms with Gasteiger partial charge in [-0.15, -0.1) is 0 Å². The molecule has 0 aliphatic heterocycles. The van der Waals surface area contributed by atoms with Crippen LogP contribution in [0.3, 0.4) is 0 Å². The molecule has 1 aliphatic carbocycles. The van der Waals surface area contributed by atoms with Crippen molar-refractivity contribution in [1.82, 2.24) is 9.78 Å². The Morgan fingerprint density at radius 2 is 1.90 bits per heavy atom. The molecule has 1 N–H and O–H groups in total. The Kier molecular flexibility index (Phi) is 5.94. The van der Waals surface area contributed by atoms with Crippen LogP contribution in [0.15, 0.2) is 35.4 Å². The molecule has 2 aromatic rings. The number of rotatable bonds is 5. The molecule has 0 unspecified atom stereocenters. The minimum Gasteiger partial charge on any atom is -0.321 e. The van der Waals surface area contributed by atoms with E-state index in [1.807, 2.05) is 0 Å². The zero-order valence-corrected chi connectivity index (χ0v) is 17.0. The largest absolute Gasteiger partial charge is 0.420 e. The van der Waals surface area contributed by atoms with Crippen molar-refractivity contribution in [3.63, 3.8) is 0 Å². The summed E-state index contributed by atoms with van der Waals surface area (Å²) in [6.07, 6.45) is -0.938. The van der Waals surface area contributed by atoms with Gasteiger partial charge in [0.2, 0.25) is 0 Å². The number of hydrogen-bond donors (Lipinski definition) is 1. The first-order chi connectivity index (χ1) is 13.9. The smallest absolute Gasteiger partial charge is 0.321 e. The van der Waals surface area contributed by atoms with Crippen molar-refractivity contribution in [2.45, 2.75) is 55.4 Å². The summed E-state index contributed by atoms with van der Waals surface area (Å²) in [6, 6.07) is 5.14. The lowest BCUT2D eigenvalue weighted by Gasteiger charge is -2.29. The van der Waals surface area contributed by atoms with Crippen LogP contribution in [-0.2, 0) is 22.6 Å². The number of anilines is 1. The number of hydrogen-bond acceptors (Lipinski definition) is 4. The van der Waals surface area contributed by atoms with Gasteiger partial charge in [-0.25, -0.2) is 12.8 Å². The molecule has 6 nitrogen and oxygen atoms in total. The first kappa shape index (κ1) is 22.3. The highest BCUT2D eigenvalue weighted by atomic mass is 32.2. The molecule has 0 bridgehead atoms. The molecule has 1 aromatic heterocycles. The number of alkyl halides is 4. The first-order valence-electron chi connectivity index (χ1n) is 9.32. The highest BCUT2D eigenvalue weighted by Crippen LogP contribution is 2.36. The van der Waals surface area contributed by atoms with Crippen LogP contribution in [0.1, 0.15) is 48.2 Å². The molecule has 1 amide bonds. The molecule has 0 spiro atoms. The maximum absolute atomic E-state index is 15.1. The van der Waals surface area contributed by atoms with Crippen molar-refractivity contribution in [3.05, 3.63) is 41.7 Å². The number of aromatic nitrogens is 2. The normalized spacial score (nSPS) is 17.0. The van der Waals surface area contributed by atoms with Crippen LogP contribution in [0.2, 0.25) is 0 Å². The molecular formula is C19H21F4N3O3S. The molecule has 1 fully saturated rings. The zero-order chi connectivity index (χ0) is 22.2. The molecule has 164 valence electrons. The van der Waals surface area contributed by atoms with Crippen LogP contribution in [0, 0.1) is 0 Å². The highest BCUT2D eigenvalue weighted by Gasteiger charge is 2.41. The standard InChI is InChI=1S/C19H21F4N3O3S/c1-30(28,29)14-7-5-6-13(10-14)25-17(27)16-15(19(21,22)23)11-24-26(16)12-18(20)8-3-2-4-9-18/h5-7,10-11H,2-4,8-9,12H2,1H3,(H,25,27). The van der Waals surface area contributed by atoms with Gasteiger partial charge in [-0.2, -0.15) is 18.3 Å². The van der Waals surface area contributed by atoms with Crippen molar-refractivity contribution >= 4 is 21.4 Å². The van der Waals surface area contributed by atoms with Crippen LogP contribution < -0.4 is 5.32 Å². The molecular weight excluding hydrogens is 426 g/mol. The summed E-state index contributed by atoms with van der Waals surface area (Å²) in [6.45, 7) is -0.463. The summed E-state index contributed by atoms with van der Waals surface area (Å²) >= 11 is 0. The number of halogens is 4. The van der Waals surface area contributed by atoms with Crippen molar-refractivity contribution in [3.8, 4) is 0 Å². The molecule has 1 saturated carbocycles. The maximum atomic E-state index is 15.1. The lowest BCUT2D eigenvalue weighted by Crippen LogP contribution is -2.34. The molecule has 30 heavy (non-hydrogen) atoms. The predicted molar refractivity (Wildman–Crippen MR) is 102 cm³/mol. The van der Waals surface area contributed by atoms with Gasteiger partial charge >= 0.3 is 6.18 Å². The van der Waals surface area contributed by atoms with Gasteiger partial charge in [0.05, 0.1) is 17.6 Å². The minimum atomic E-state index is -4.87. The van der Waals surface area contributed by atoms with Crippen LogP contribution in [0.25, 0.3) is 0 Å². The summed E-state index contributed by atoms with van der Waals surface area (Å²) in [7, 11) is -3.58. The molecule has 0 saturated heterocycles. The van der Waals surface area contributed by atoms with Crippen LogP contribution in [0.5, 0.6) is 0 Å². The number of carbonyl (C=O) groups is 1. The van der Waals surface area contributed by atoms with E-state index in [0.717, 1.165) is 23.4 Å². The first-order valence-corrected chi connectivity index (χ1v) is 11.2. The number of benzene rings is 1. The van der Waals surface area contributed by atoms with E-state index < -0.39 is 45.4 Å². The number of nitrogens with zero attached hydrogens (tertiary/aromatic N) is 2.